The van der Waals surface area contributed by atoms with Crippen LogP contribution >= 0.6 is 15.9 Å². The van der Waals surface area contributed by atoms with Crippen molar-refractivity contribution in [2.45, 2.75) is 0 Å². The van der Waals surface area contributed by atoms with Gasteiger partial charge in [0.1, 0.15) is 23.4 Å². The molecule has 84 valence electrons. The number of hydrogen-bond donors (Lipinski definition) is 1. The molecule has 0 amide bonds. The summed E-state index contributed by atoms with van der Waals surface area (Å²) in [4.78, 5) is 10.2. The Kier molecular flexibility index (Phi) is 4.21. The molecule has 0 heterocycles. The zero-order valence-corrected chi connectivity index (χ0v) is 9.93. The molecule has 0 fully saturated rings. The molecular formula is C10H5BrN4O2. The van der Waals surface area contributed by atoms with Crippen molar-refractivity contribution < 1.29 is 4.92 Å². The Bertz CT molecular complexity index is 553. The monoisotopic (exact) mass is 292 g/mol. The minimum Gasteiger partial charge on any atom is -0.354 e. The lowest BCUT2D eigenvalue weighted by Crippen LogP contribution is -1.96. The minimum atomic E-state index is -0.555. The first-order valence-corrected chi connectivity index (χ1v) is 5.08. The second-order valence-electron chi connectivity index (χ2n) is 2.84. The fourth-order valence-corrected chi connectivity index (χ4v) is 1.38. The van der Waals surface area contributed by atoms with E-state index in [2.05, 4.69) is 21.2 Å². The molecule has 0 unspecified atom stereocenters. The average molecular weight is 293 g/mol. The summed E-state index contributed by atoms with van der Waals surface area (Å²) < 4.78 is 0.648. The molecule has 1 N–H and O–H groups in total. The standard InChI is InChI=1S/C10H5BrN4O2/c11-8-1-2-10(15(16)17)9(3-8)14-6-7(4-12)5-13/h1-3,6,14H. The van der Waals surface area contributed by atoms with Gasteiger partial charge in [-0.2, -0.15) is 10.5 Å². The summed E-state index contributed by atoms with van der Waals surface area (Å²) in [5.74, 6) is 0. The van der Waals surface area contributed by atoms with Gasteiger partial charge >= 0.3 is 0 Å². The highest BCUT2D eigenvalue weighted by molar-refractivity contribution is 9.10. The molecule has 0 atom stereocenters. The fraction of sp³-hybridized carbons (Fsp3) is 0. The topological polar surface area (TPSA) is 103 Å². The van der Waals surface area contributed by atoms with Crippen molar-refractivity contribution >= 4 is 27.3 Å². The molecule has 7 heteroatoms. The van der Waals surface area contributed by atoms with Crippen molar-refractivity contribution in [1.82, 2.24) is 0 Å². The Hall–Kier alpha value is -2.38. The summed E-state index contributed by atoms with van der Waals surface area (Å²) in [6.07, 6.45) is 1.12. The van der Waals surface area contributed by atoms with Gasteiger partial charge in [-0.3, -0.25) is 10.1 Å². The summed E-state index contributed by atoms with van der Waals surface area (Å²) in [6.45, 7) is 0. The first-order valence-electron chi connectivity index (χ1n) is 4.29. The highest BCUT2D eigenvalue weighted by Gasteiger charge is 2.12. The number of anilines is 1. The van der Waals surface area contributed by atoms with E-state index in [0.717, 1.165) is 6.20 Å². The lowest BCUT2D eigenvalue weighted by molar-refractivity contribution is -0.383. The number of nitriles is 2. The van der Waals surface area contributed by atoms with E-state index in [1.165, 1.54) is 18.2 Å². The van der Waals surface area contributed by atoms with E-state index in [1.54, 1.807) is 12.1 Å². The van der Waals surface area contributed by atoms with Crippen LogP contribution in [0.15, 0.2) is 34.4 Å². The van der Waals surface area contributed by atoms with Crippen LogP contribution in [0.1, 0.15) is 0 Å². The third-order valence-corrected chi connectivity index (χ3v) is 2.26. The van der Waals surface area contributed by atoms with Crippen molar-refractivity contribution in [2.24, 2.45) is 0 Å². The van der Waals surface area contributed by atoms with E-state index in [0.29, 0.717) is 4.47 Å². The molecule has 1 aromatic rings. The number of hydrogen-bond acceptors (Lipinski definition) is 5. The predicted molar refractivity (Wildman–Crippen MR) is 63.7 cm³/mol. The van der Waals surface area contributed by atoms with Gasteiger partial charge in [0, 0.05) is 16.7 Å². The molecule has 0 spiro atoms. The lowest BCUT2D eigenvalue weighted by Gasteiger charge is -2.02. The third-order valence-electron chi connectivity index (χ3n) is 1.77. The zero-order valence-electron chi connectivity index (χ0n) is 8.35. The van der Waals surface area contributed by atoms with Gasteiger partial charge in [0.25, 0.3) is 5.69 Å². The maximum atomic E-state index is 10.7. The van der Waals surface area contributed by atoms with Gasteiger partial charge in [0.2, 0.25) is 0 Å². The van der Waals surface area contributed by atoms with Crippen LogP contribution < -0.4 is 5.32 Å². The van der Waals surface area contributed by atoms with Crippen molar-refractivity contribution in [3.63, 3.8) is 0 Å². The first kappa shape index (κ1) is 12.7. The SMILES string of the molecule is N#CC(C#N)=CNc1cc(Br)ccc1[N+](=O)[O-]. The van der Waals surface area contributed by atoms with Crippen LogP contribution in [0.2, 0.25) is 0 Å². The molecule has 6 nitrogen and oxygen atoms in total. The maximum absolute atomic E-state index is 10.7. The minimum absolute atomic E-state index is 0.139. The Balaban J connectivity index is 3.11. The van der Waals surface area contributed by atoms with Crippen molar-refractivity contribution in [1.29, 1.82) is 10.5 Å². The van der Waals surface area contributed by atoms with Gasteiger partial charge < -0.3 is 5.32 Å². The van der Waals surface area contributed by atoms with E-state index < -0.39 is 4.92 Å². The van der Waals surface area contributed by atoms with E-state index in [9.17, 15) is 10.1 Å². The van der Waals surface area contributed by atoms with E-state index >= 15 is 0 Å². The van der Waals surface area contributed by atoms with Gasteiger partial charge in [-0.15, -0.1) is 0 Å². The van der Waals surface area contributed by atoms with Crippen LogP contribution in [-0.4, -0.2) is 4.92 Å². The number of nitrogens with one attached hydrogen (secondary N) is 1. The third kappa shape index (κ3) is 3.30. The summed E-state index contributed by atoms with van der Waals surface area (Å²) in [6, 6.07) is 7.62. The number of halogens is 1. The van der Waals surface area contributed by atoms with Crippen LogP contribution in [0, 0.1) is 32.8 Å². The highest BCUT2D eigenvalue weighted by atomic mass is 79.9. The molecule has 0 saturated carbocycles. The molecular weight excluding hydrogens is 288 g/mol. The number of allylic oxidation sites excluding steroid dienone is 1. The molecule has 0 aliphatic rings. The van der Waals surface area contributed by atoms with Crippen molar-refractivity contribution in [2.75, 3.05) is 5.32 Å². The Labute approximate surface area is 105 Å². The predicted octanol–water partition coefficient (Wildman–Crippen LogP) is 2.70. The largest absolute Gasteiger partial charge is 0.354 e. The van der Waals surface area contributed by atoms with E-state index in [-0.39, 0.29) is 16.9 Å². The second-order valence-corrected chi connectivity index (χ2v) is 3.76. The average Bonchev–Trinajstić information content (AvgIpc) is 2.30. The normalized spacial score (nSPS) is 8.65. The van der Waals surface area contributed by atoms with E-state index in [1.807, 2.05) is 0 Å². The van der Waals surface area contributed by atoms with Gasteiger partial charge in [-0.1, -0.05) is 15.9 Å². The molecule has 0 aromatic heterocycles. The lowest BCUT2D eigenvalue weighted by atomic mass is 10.2. The zero-order chi connectivity index (χ0) is 12.8. The molecule has 0 aliphatic carbocycles. The molecule has 1 aromatic carbocycles. The fourth-order valence-electron chi connectivity index (χ4n) is 1.02. The summed E-state index contributed by atoms with van der Waals surface area (Å²) in [5, 5.41) is 30.3. The number of nitro benzene ring substituents is 1. The number of rotatable bonds is 3. The Morgan fingerprint density at radius 2 is 2.12 bits per heavy atom. The summed E-state index contributed by atoms with van der Waals surface area (Å²) in [5.41, 5.74) is -0.105. The quantitative estimate of drug-likeness (QED) is 0.524. The van der Waals surface area contributed by atoms with Gasteiger partial charge in [-0.25, -0.2) is 0 Å². The van der Waals surface area contributed by atoms with Crippen LogP contribution in [0.25, 0.3) is 0 Å². The highest BCUT2D eigenvalue weighted by Crippen LogP contribution is 2.27. The smallest absolute Gasteiger partial charge is 0.292 e. The molecule has 0 bridgehead atoms. The van der Waals surface area contributed by atoms with E-state index in [4.69, 9.17) is 10.5 Å². The van der Waals surface area contributed by atoms with Crippen LogP contribution in [-0.2, 0) is 0 Å². The van der Waals surface area contributed by atoms with Crippen molar-refractivity contribution in [3.8, 4) is 12.1 Å². The van der Waals surface area contributed by atoms with Gasteiger partial charge in [0.15, 0.2) is 0 Å². The molecule has 0 saturated heterocycles. The molecule has 0 aliphatic heterocycles. The Morgan fingerprint density at radius 1 is 1.47 bits per heavy atom. The number of nitro groups is 1. The number of nitrogens with zero attached hydrogens (tertiary/aromatic N) is 3. The van der Waals surface area contributed by atoms with Crippen LogP contribution in [0.4, 0.5) is 11.4 Å². The maximum Gasteiger partial charge on any atom is 0.292 e. The second kappa shape index (κ2) is 5.64. The number of benzene rings is 1. The molecule has 0 radical (unpaired) electrons. The summed E-state index contributed by atoms with van der Waals surface area (Å²) >= 11 is 3.17. The summed E-state index contributed by atoms with van der Waals surface area (Å²) in [7, 11) is 0. The van der Waals surface area contributed by atoms with Crippen molar-refractivity contribution in [3.05, 3.63) is 44.6 Å². The van der Waals surface area contributed by atoms with Crippen LogP contribution in [0.3, 0.4) is 0 Å². The van der Waals surface area contributed by atoms with Crippen LogP contribution in [0.5, 0.6) is 0 Å². The van der Waals surface area contributed by atoms with Gasteiger partial charge in [0.05, 0.1) is 4.92 Å². The molecule has 17 heavy (non-hydrogen) atoms. The molecule has 1 rings (SSSR count). The first-order chi connectivity index (χ1) is 8.08. The van der Waals surface area contributed by atoms with Gasteiger partial charge in [-0.05, 0) is 12.1 Å². The Morgan fingerprint density at radius 3 is 2.65 bits per heavy atom.